The number of nitrogens with zero attached hydrogens (tertiary/aromatic N) is 1. The highest BCUT2D eigenvalue weighted by Gasteiger charge is 2.27. The number of hydrogen-bond acceptors (Lipinski definition) is 4. The molecule has 0 aromatic heterocycles. The average molecular weight is 358 g/mol. The van der Waals surface area contributed by atoms with Crippen LogP contribution < -0.4 is 5.32 Å². The fraction of sp³-hybridized carbons (Fsp3) is 0.0476. The molecule has 4 rings (SSSR count). The van der Waals surface area contributed by atoms with Gasteiger partial charge in [-0.05, 0) is 35.7 Å². The van der Waals surface area contributed by atoms with E-state index in [1.807, 2.05) is 12.1 Å². The van der Waals surface area contributed by atoms with E-state index in [1.165, 1.54) is 12.1 Å². The van der Waals surface area contributed by atoms with Gasteiger partial charge in [0.05, 0.1) is 10.6 Å². The number of carbonyl (C=O) groups is 2. The molecule has 0 bridgehead atoms. The van der Waals surface area contributed by atoms with Gasteiger partial charge in [-0.3, -0.25) is 19.7 Å². The van der Waals surface area contributed by atoms with Gasteiger partial charge in [-0.25, -0.2) is 0 Å². The van der Waals surface area contributed by atoms with E-state index < -0.39 is 10.8 Å². The van der Waals surface area contributed by atoms with Crippen LogP contribution in [-0.4, -0.2) is 16.6 Å². The van der Waals surface area contributed by atoms with Crippen LogP contribution in [0.5, 0.6) is 0 Å². The number of fused-ring (bicyclic) bond motifs is 3. The maximum absolute atomic E-state index is 12.6. The summed E-state index contributed by atoms with van der Waals surface area (Å²) in [5.41, 5.74) is 4.07. The molecular weight excluding hydrogens is 344 g/mol. The maximum Gasteiger partial charge on any atom is 0.271 e. The summed E-state index contributed by atoms with van der Waals surface area (Å²) in [7, 11) is 0. The van der Waals surface area contributed by atoms with Crippen LogP contribution in [-0.2, 0) is 0 Å². The monoisotopic (exact) mass is 358 g/mol. The van der Waals surface area contributed by atoms with Crippen molar-refractivity contribution in [3.05, 3.63) is 93.0 Å². The summed E-state index contributed by atoms with van der Waals surface area (Å²) < 4.78 is 0. The average Bonchev–Trinajstić information content (AvgIpc) is 2.95. The molecule has 1 aliphatic carbocycles. The molecule has 0 unspecified atom stereocenters. The molecule has 1 amide bonds. The van der Waals surface area contributed by atoms with Gasteiger partial charge in [-0.2, -0.15) is 0 Å². The standard InChI is InChI=1S/C21H14N2O4/c1-12-6-8-14(23(26)27)11-19(12)22-21(25)13-7-9-16-15-4-2-3-5-17(15)20(24)18(16)10-13/h2-11H,1H3,(H,22,25). The van der Waals surface area contributed by atoms with E-state index in [9.17, 15) is 19.7 Å². The van der Waals surface area contributed by atoms with E-state index in [-0.39, 0.29) is 11.5 Å². The first-order valence-electron chi connectivity index (χ1n) is 8.30. The number of rotatable bonds is 3. The Labute approximate surface area is 154 Å². The molecule has 0 aliphatic heterocycles. The summed E-state index contributed by atoms with van der Waals surface area (Å²) in [4.78, 5) is 35.7. The van der Waals surface area contributed by atoms with Gasteiger partial charge >= 0.3 is 0 Å². The van der Waals surface area contributed by atoms with Gasteiger partial charge in [-0.1, -0.05) is 36.4 Å². The van der Waals surface area contributed by atoms with Gasteiger partial charge in [-0.15, -0.1) is 0 Å². The van der Waals surface area contributed by atoms with Crippen molar-refractivity contribution in [1.29, 1.82) is 0 Å². The van der Waals surface area contributed by atoms with Gasteiger partial charge < -0.3 is 5.32 Å². The van der Waals surface area contributed by atoms with Crippen molar-refractivity contribution in [3.63, 3.8) is 0 Å². The topological polar surface area (TPSA) is 89.3 Å². The molecule has 1 N–H and O–H groups in total. The summed E-state index contributed by atoms with van der Waals surface area (Å²) in [5, 5.41) is 13.6. The Kier molecular flexibility index (Phi) is 3.81. The van der Waals surface area contributed by atoms with Crippen LogP contribution in [0.1, 0.15) is 31.8 Å². The van der Waals surface area contributed by atoms with E-state index in [4.69, 9.17) is 0 Å². The quantitative estimate of drug-likeness (QED) is 0.435. The zero-order valence-corrected chi connectivity index (χ0v) is 14.4. The lowest BCUT2D eigenvalue weighted by molar-refractivity contribution is -0.384. The molecular formula is C21H14N2O4. The van der Waals surface area contributed by atoms with Crippen LogP contribution >= 0.6 is 0 Å². The number of benzene rings is 3. The number of nitro benzene ring substituents is 1. The lowest BCUT2D eigenvalue weighted by Crippen LogP contribution is -2.13. The fourth-order valence-corrected chi connectivity index (χ4v) is 3.22. The summed E-state index contributed by atoms with van der Waals surface area (Å²) in [6, 6.07) is 16.6. The molecule has 0 atom stereocenters. The molecule has 6 nitrogen and oxygen atoms in total. The highest BCUT2D eigenvalue weighted by atomic mass is 16.6. The Morgan fingerprint density at radius 3 is 2.37 bits per heavy atom. The molecule has 1 aliphatic rings. The predicted octanol–water partition coefficient (Wildman–Crippen LogP) is 4.37. The third kappa shape index (κ3) is 2.77. The number of ketones is 1. The van der Waals surface area contributed by atoms with E-state index in [0.717, 1.165) is 11.1 Å². The van der Waals surface area contributed by atoms with Crippen LogP contribution in [0.3, 0.4) is 0 Å². The number of nitro groups is 1. The predicted molar refractivity (Wildman–Crippen MR) is 101 cm³/mol. The van der Waals surface area contributed by atoms with E-state index in [2.05, 4.69) is 5.32 Å². The van der Waals surface area contributed by atoms with Gasteiger partial charge in [0, 0.05) is 28.8 Å². The fourth-order valence-electron chi connectivity index (χ4n) is 3.22. The van der Waals surface area contributed by atoms with Crippen molar-refractivity contribution in [2.45, 2.75) is 6.92 Å². The van der Waals surface area contributed by atoms with Crippen molar-refractivity contribution in [1.82, 2.24) is 0 Å². The second kappa shape index (κ2) is 6.17. The molecule has 0 saturated carbocycles. The van der Waals surface area contributed by atoms with E-state index >= 15 is 0 Å². The number of non-ortho nitro benzene ring substituents is 1. The number of anilines is 1. The van der Waals surface area contributed by atoms with Crippen LogP contribution in [0.4, 0.5) is 11.4 Å². The second-order valence-corrected chi connectivity index (χ2v) is 6.35. The second-order valence-electron chi connectivity index (χ2n) is 6.35. The molecule has 0 saturated heterocycles. The van der Waals surface area contributed by atoms with E-state index in [0.29, 0.717) is 27.9 Å². The molecule has 0 fully saturated rings. The Bertz CT molecular complexity index is 1130. The van der Waals surface area contributed by atoms with Gasteiger partial charge in [0.15, 0.2) is 5.78 Å². The molecule has 0 heterocycles. The Morgan fingerprint density at radius 2 is 1.63 bits per heavy atom. The Morgan fingerprint density at radius 1 is 0.926 bits per heavy atom. The van der Waals surface area contributed by atoms with Crippen molar-refractivity contribution in [3.8, 4) is 11.1 Å². The molecule has 132 valence electrons. The molecule has 0 spiro atoms. The Balaban J connectivity index is 1.66. The smallest absolute Gasteiger partial charge is 0.271 e. The Hall–Kier alpha value is -3.80. The first kappa shape index (κ1) is 16.7. The maximum atomic E-state index is 12.6. The molecule has 3 aromatic rings. The van der Waals surface area contributed by atoms with Crippen LogP contribution in [0.15, 0.2) is 60.7 Å². The van der Waals surface area contributed by atoms with Gasteiger partial charge in [0.1, 0.15) is 0 Å². The van der Waals surface area contributed by atoms with Gasteiger partial charge in [0.25, 0.3) is 11.6 Å². The minimum absolute atomic E-state index is 0.101. The van der Waals surface area contributed by atoms with Crippen LogP contribution in [0.2, 0.25) is 0 Å². The van der Waals surface area contributed by atoms with Crippen LogP contribution in [0, 0.1) is 17.0 Å². The summed E-state index contributed by atoms with van der Waals surface area (Å²) >= 11 is 0. The van der Waals surface area contributed by atoms with Crippen molar-refractivity contribution in [2.24, 2.45) is 0 Å². The lowest BCUT2D eigenvalue weighted by Gasteiger charge is -2.09. The first-order valence-corrected chi connectivity index (χ1v) is 8.30. The van der Waals surface area contributed by atoms with E-state index in [1.54, 1.807) is 43.3 Å². The highest BCUT2D eigenvalue weighted by molar-refractivity contribution is 6.22. The van der Waals surface area contributed by atoms with Crippen molar-refractivity contribution < 1.29 is 14.5 Å². The summed E-state index contributed by atoms with van der Waals surface area (Å²) in [5.74, 6) is -0.535. The zero-order chi connectivity index (χ0) is 19.1. The minimum Gasteiger partial charge on any atom is -0.321 e. The number of carbonyl (C=O) groups excluding carboxylic acids is 2. The highest BCUT2D eigenvalue weighted by Crippen LogP contribution is 2.36. The molecule has 6 heteroatoms. The SMILES string of the molecule is Cc1ccc([N+](=O)[O-])cc1NC(=O)c1ccc2c(c1)C(=O)c1ccccc1-2. The van der Waals surface area contributed by atoms with Gasteiger partial charge in [0.2, 0.25) is 0 Å². The van der Waals surface area contributed by atoms with Crippen molar-refractivity contribution >= 4 is 23.1 Å². The normalized spacial score (nSPS) is 11.7. The zero-order valence-electron chi connectivity index (χ0n) is 14.4. The third-order valence-electron chi connectivity index (χ3n) is 4.67. The summed E-state index contributed by atoms with van der Waals surface area (Å²) in [6.07, 6.45) is 0. The minimum atomic E-state index is -0.514. The largest absolute Gasteiger partial charge is 0.321 e. The molecule has 27 heavy (non-hydrogen) atoms. The number of amides is 1. The van der Waals surface area contributed by atoms with Crippen molar-refractivity contribution in [2.75, 3.05) is 5.32 Å². The first-order chi connectivity index (χ1) is 13.0. The molecule has 3 aromatic carbocycles. The summed E-state index contributed by atoms with van der Waals surface area (Å²) in [6.45, 7) is 1.75. The third-order valence-corrected chi connectivity index (χ3v) is 4.67. The van der Waals surface area contributed by atoms with Crippen LogP contribution in [0.25, 0.3) is 11.1 Å². The number of hydrogen-bond donors (Lipinski definition) is 1. The molecule has 0 radical (unpaired) electrons. The lowest BCUT2D eigenvalue weighted by atomic mass is 10.0. The number of nitrogens with one attached hydrogen (secondary N) is 1. The number of aryl methyl sites for hydroxylation is 1.